The second-order valence-electron chi connectivity index (χ2n) is 11.2. The Bertz CT molecular complexity index is 1640. The van der Waals surface area contributed by atoms with Crippen LogP contribution in [0, 0.1) is 11.3 Å². The highest BCUT2D eigenvalue weighted by molar-refractivity contribution is 7.86. The van der Waals surface area contributed by atoms with Crippen LogP contribution in [-0.4, -0.2) is 93.7 Å². The van der Waals surface area contributed by atoms with Gasteiger partial charge in [0.25, 0.3) is 20.2 Å². The maximum absolute atomic E-state index is 15.5. The normalized spacial score (nSPS) is 28.0. The molecule has 0 aliphatic heterocycles. The lowest BCUT2D eigenvalue weighted by Crippen LogP contribution is -2.43. The fourth-order valence-corrected chi connectivity index (χ4v) is 8.95. The van der Waals surface area contributed by atoms with Crippen molar-refractivity contribution in [2.75, 3.05) is 18.8 Å². The minimum absolute atomic E-state index is 0.00317. The van der Waals surface area contributed by atoms with E-state index in [4.69, 9.17) is 39.4 Å². The molecule has 45 heavy (non-hydrogen) atoms. The Morgan fingerprint density at radius 3 is 2.36 bits per heavy atom. The molecule has 2 N–H and O–H groups in total. The molecule has 18 heteroatoms. The van der Waals surface area contributed by atoms with Gasteiger partial charge in [-0.2, -0.15) is 32.3 Å². The van der Waals surface area contributed by atoms with E-state index in [-0.39, 0.29) is 54.6 Å². The molecule has 5 unspecified atom stereocenters. The van der Waals surface area contributed by atoms with Crippen molar-refractivity contribution in [3.63, 3.8) is 0 Å². The third-order valence-electron chi connectivity index (χ3n) is 8.33. The molecule has 2 saturated carbocycles. The van der Waals surface area contributed by atoms with Crippen molar-refractivity contribution in [3.05, 3.63) is 34.9 Å². The van der Waals surface area contributed by atoms with Crippen molar-refractivity contribution in [2.45, 2.75) is 85.7 Å². The predicted octanol–water partition coefficient (Wildman–Crippen LogP) is 5.82. The Kier molecular flexibility index (Phi) is 11.9. The first kappa shape index (κ1) is 35.9. The van der Waals surface area contributed by atoms with Crippen molar-refractivity contribution in [3.8, 4) is 17.3 Å². The highest BCUT2D eigenvalue weighted by atomic mass is 35.5. The zero-order valence-electron chi connectivity index (χ0n) is 24.3. The SMILES string of the molecule is CCN(CCCS(=O)(=O)O)C1CCC(N=Nc2c(C#N)c(-c3ccccc3Cl)nn2C2C(Cl)CC(S(=O)(=O)O)CC2Cl)C(F)C1. The molecule has 1 aromatic carbocycles. The first-order valence-electron chi connectivity index (χ1n) is 14.4. The number of azo groups is 1. The van der Waals surface area contributed by atoms with Crippen LogP contribution in [0.4, 0.5) is 10.2 Å². The Balaban J connectivity index is 1.64. The monoisotopic (exact) mass is 726 g/mol. The molecule has 0 radical (unpaired) electrons. The lowest BCUT2D eigenvalue weighted by Gasteiger charge is -2.37. The molecular formula is C27H34Cl3FN6O6S2. The van der Waals surface area contributed by atoms with E-state index in [1.165, 1.54) is 4.68 Å². The summed E-state index contributed by atoms with van der Waals surface area (Å²) in [4.78, 5) is 1.98. The van der Waals surface area contributed by atoms with Crippen LogP contribution < -0.4 is 0 Å². The van der Waals surface area contributed by atoms with Gasteiger partial charge in [-0.1, -0.05) is 36.7 Å². The van der Waals surface area contributed by atoms with Crippen molar-refractivity contribution >= 4 is 60.9 Å². The molecule has 2 aliphatic carbocycles. The van der Waals surface area contributed by atoms with Gasteiger partial charge in [-0.15, -0.1) is 28.3 Å². The van der Waals surface area contributed by atoms with Gasteiger partial charge in [0.2, 0.25) is 0 Å². The summed E-state index contributed by atoms with van der Waals surface area (Å²) in [5.74, 6) is -0.408. The van der Waals surface area contributed by atoms with Crippen molar-refractivity contribution < 1.29 is 30.3 Å². The van der Waals surface area contributed by atoms with E-state index >= 15 is 4.39 Å². The number of hydrogen-bond donors (Lipinski definition) is 2. The number of alkyl halides is 3. The van der Waals surface area contributed by atoms with Crippen LogP contribution in [-0.2, 0) is 20.2 Å². The molecular weight excluding hydrogens is 694 g/mol. The molecule has 0 saturated heterocycles. The quantitative estimate of drug-likeness (QED) is 0.164. The summed E-state index contributed by atoms with van der Waals surface area (Å²) in [6.45, 7) is 2.85. The molecule has 1 heterocycles. The van der Waals surface area contributed by atoms with E-state index < -0.39 is 54.5 Å². The van der Waals surface area contributed by atoms with E-state index in [0.717, 1.165) is 0 Å². The molecule has 5 atom stereocenters. The number of rotatable bonds is 11. The highest BCUT2D eigenvalue weighted by Gasteiger charge is 2.44. The maximum atomic E-state index is 15.5. The Labute approximate surface area is 277 Å². The topological polar surface area (TPSA) is 178 Å². The lowest BCUT2D eigenvalue weighted by molar-refractivity contribution is 0.101. The van der Waals surface area contributed by atoms with Crippen molar-refractivity contribution in [2.24, 2.45) is 10.2 Å². The summed E-state index contributed by atoms with van der Waals surface area (Å²) in [6, 6.07) is 6.94. The summed E-state index contributed by atoms with van der Waals surface area (Å²) >= 11 is 19.7. The average Bonchev–Trinajstić information content (AvgIpc) is 3.31. The summed E-state index contributed by atoms with van der Waals surface area (Å²) in [6.07, 6.45) is -0.427. The number of halogens is 4. The molecule has 4 rings (SSSR count). The van der Waals surface area contributed by atoms with E-state index in [0.29, 0.717) is 36.5 Å². The Hall–Kier alpha value is -1.90. The third-order valence-corrected chi connectivity index (χ3v) is 11.6. The predicted molar refractivity (Wildman–Crippen MR) is 169 cm³/mol. The first-order chi connectivity index (χ1) is 21.1. The number of nitriles is 1. The summed E-state index contributed by atoms with van der Waals surface area (Å²) in [7, 11) is -8.50. The Morgan fingerprint density at radius 2 is 1.80 bits per heavy atom. The molecule has 2 aromatic rings. The molecule has 12 nitrogen and oxygen atoms in total. The molecule has 1 aromatic heterocycles. The summed E-state index contributed by atoms with van der Waals surface area (Å²) < 4.78 is 81.4. The van der Waals surface area contributed by atoms with Crippen LogP contribution >= 0.6 is 34.8 Å². The molecule has 0 bridgehead atoms. The van der Waals surface area contributed by atoms with Crippen molar-refractivity contribution in [1.82, 2.24) is 14.7 Å². The van der Waals surface area contributed by atoms with Gasteiger partial charge in [0.05, 0.1) is 32.8 Å². The minimum Gasteiger partial charge on any atom is -0.301 e. The molecule has 0 amide bonds. The fourth-order valence-electron chi connectivity index (χ4n) is 6.05. The van der Waals surface area contributed by atoms with Gasteiger partial charge >= 0.3 is 0 Å². The Morgan fingerprint density at radius 1 is 1.13 bits per heavy atom. The second kappa shape index (κ2) is 14.9. The van der Waals surface area contributed by atoms with Crippen LogP contribution in [0.3, 0.4) is 0 Å². The standard InChI is InChI=1S/C27H34Cl3FN6O6S2/c1-2-36(10-5-11-44(38,39)40)16-8-9-24(23(31)12-16)33-34-27-19(15-32)25(18-6-3-4-7-20(18)28)35-37(27)26-21(29)13-17(14-22(26)30)45(41,42)43/h3-4,6-7,16-17,21-24,26H,2,5,8-14H2,1H3,(H,38,39,40)(H,41,42,43). The van der Waals surface area contributed by atoms with E-state index in [1.807, 2.05) is 11.8 Å². The minimum atomic E-state index is -4.41. The highest BCUT2D eigenvalue weighted by Crippen LogP contribution is 2.44. The largest absolute Gasteiger partial charge is 0.301 e. The van der Waals surface area contributed by atoms with Gasteiger partial charge in [0.1, 0.15) is 29.5 Å². The van der Waals surface area contributed by atoms with E-state index in [1.54, 1.807) is 24.3 Å². The zero-order valence-corrected chi connectivity index (χ0v) is 28.2. The number of benzene rings is 1. The van der Waals surface area contributed by atoms with Gasteiger partial charge in [-0.05, 0) is 57.7 Å². The zero-order chi connectivity index (χ0) is 33.1. The number of aromatic nitrogens is 2. The van der Waals surface area contributed by atoms with Gasteiger partial charge in [0.15, 0.2) is 5.82 Å². The fraction of sp³-hybridized carbons (Fsp3) is 0.630. The summed E-state index contributed by atoms with van der Waals surface area (Å²) in [5.41, 5.74) is 0.592. The van der Waals surface area contributed by atoms with Crippen LogP contribution in [0.1, 0.15) is 57.1 Å². The van der Waals surface area contributed by atoms with Gasteiger partial charge < -0.3 is 4.90 Å². The first-order valence-corrected chi connectivity index (χ1v) is 18.8. The summed E-state index contributed by atoms with van der Waals surface area (Å²) in [5, 5.41) is 20.7. The molecule has 0 spiro atoms. The molecule has 248 valence electrons. The average molecular weight is 728 g/mol. The van der Waals surface area contributed by atoms with Gasteiger partial charge in [-0.25, -0.2) is 9.07 Å². The van der Waals surface area contributed by atoms with Crippen LogP contribution in [0.5, 0.6) is 0 Å². The van der Waals surface area contributed by atoms with Gasteiger partial charge in [-0.3, -0.25) is 9.11 Å². The number of nitrogens with zero attached hydrogens (tertiary/aromatic N) is 6. The molecule has 2 fully saturated rings. The van der Waals surface area contributed by atoms with Crippen LogP contribution in [0.2, 0.25) is 5.02 Å². The maximum Gasteiger partial charge on any atom is 0.267 e. The van der Waals surface area contributed by atoms with Crippen molar-refractivity contribution in [1.29, 1.82) is 5.26 Å². The smallest absolute Gasteiger partial charge is 0.267 e. The second-order valence-corrected chi connectivity index (χ2v) is 16.0. The van der Waals surface area contributed by atoms with Crippen LogP contribution in [0.15, 0.2) is 34.5 Å². The number of hydrogen-bond acceptors (Lipinski definition) is 9. The van der Waals surface area contributed by atoms with E-state index in [9.17, 15) is 26.7 Å². The van der Waals surface area contributed by atoms with Crippen LogP contribution in [0.25, 0.3) is 11.3 Å². The molecule has 2 aliphatic rings. The van der Waals surface area contributed by atoms with Gasteiger partial charge in [0, 0.05) is 11.6 Å². The lowest BCUT2D eigenvalue weighted by atomic mass is 9.89. The third kappa shape index (κ3) is 8.72. The van der Waals surface area contributed by atoms with E-state index in [2.05, 4.69) is 21.4 Å².